The SMILES string of the molecule is Cc1c(C(C)(C)C)s/c(=N\S(=O)(=O)c2cccc([N+](=O)[O-])c2)n1C. The molecule has 0 aliphatic rings. The number of hydrogen-bond donors (Lipinski definition) is 0. The van der Waals surface area contributed by atoms with Crippen molar-refractivity contribution in [3.63, 3.8) is 0 Å². The molecule has 130 valence electrons. The van der Waals surface area contributed by atoms with Crippen molar-refractivity contribution in [2.75, 3.05) is 0 Å². The Morgan fingerprint density at radius 1 is 1.29 bits per heavy atom. The van der Waals surface area contributed by atoms with Gasteiger partial charge in [-0.25, -0.2) is 0 Å². The fraction of sp³-hybridized carbons (Fsp3) is 0.400. The van der Waals surface area contributed by atoms with Crippen molar-refractivity contribution in [2.45, 2.75) is 38.0 Å². The van der Waals surface area contributed by atoms with E-state index in [1.807, 2.05) is 27.7 Å². The summed E-state index contributed by atoms with van der Waals surface area (Å²) in [7, 11) is -2.28. The second kappa shape index (κ2) is 6.14. The van der Waals surface area contributed by atoms with Crippen LogP contribution in [0.15, 0.2) is 33.6 Å². The van der Waals surface area contributed by atoms with E-state index in [0.717, 1.165) is 16.6 Å². The van der Waals surface area contributed by atoms with Gasteiger partial charge in [0.25, 0.3) is 15.7 Å². The van der Waals surface area contributed by atoms with Crippen molar-refractivity contribution < 1.29 is 13.3 Å². The lowest BCUT2D eigenvalue weighted by molar-refractivity contribution is -0.385. The molecule has 2 rings (SSSR count). The molecule has 2 aromatic rings. The number of nitro groups is 1. The van der Waals surface area contributed by atoms with Gasteiger partial charge in [-0.15, -0.1) is 15.7 Å². The van der Waals surface area contributed by atoms with Crippen molar-refractivity contribution in [2.24, 2.45) is 11.4 Å². The standard InChI is InChI=1S/C15H19N3O4S2/c1-10-13(15(2,3)4)23-14(17(10)5)16-24(21,22)12-8-6-7-11(9-12)18(19)20/h6-9H,1-5H3/b16-14-. The van der Waals surface area contributed by atoms with Gasteiger partial charge in [0.1, 0.15) is 0 Å². The quantitative estimate of drug-likeness (QED) is 0.614. The summed E-state index contributed by atoms with van der Waals surface area (Å²) in [6.07, 6.45) is 0. The number of hydrogen-bond acceptors (Lipinski definition) is 5. The third kappa shape index (κ3) is 3.57. The Bertz CT molecular complexity index is 963. The first kappa shape index (κ1) is 18.3. The average Bonchev–Trinajstić information content (AvgIpc) is 2.75. The lowest BCUT2D eigenvalue weighted by Crippen LogP contribution is -2.15. The van der Waals surface area contributed by atoms with Gasteiger partial charge in [0.05, 0.1) is 9.82 Å². The normalized spacial score (nSPS) is 13.3. The summed E-state index contributed by atoms with van der Waals surface area (Å²) >= 11 is 1.31. The number of thiazole rings is 1. The molecular formula is C15H19N3O4S2. The molecule has 1 aromatic heterocycles. The zero-order valence-electron chi connectivity index (χ0n) is 14.1. The van der Waals surface area contributed by atoms with Gasteiger partial charge in [-0.1, -0.05) is 26.8 Å². The van der Waals surface area contributed by atoms with Crippen molar-refractivity contribution >= 4 is 27.0 Å². The first-order valence-corrected chi connectivity index (χ1v) is 9.41. The van der Waals surface area contributed by atoms with Crippen LogP contribution >= 0.6 is 11.3 Å². The van der Waals surface area contributed by atoms with E-state index < -0.39 is 14.9 Å². The van der Waals surface area contributed by atoms with Crippen LogP contribution in [-0.2, 0) is 22.5 Å². The molecule has 0 spiro atoms. The summed E-state index contributed by atoms with van der Waals surface area (Å²) in [6.45, 7) is 8.05. The molecule has 0 amide bonds. The topological polar surface area (TPSA) is 94.6 Å². The number of nitrogens with zero attached hydrogens (tertiary/aromatic N) is 3. The highest BCUT2D eigenvalue weighted by Crippen LogP contribution is 2.28. The minimum Gasteiger partial charge on any atom is -0.323 e. The van der Waals surface area contributed by atoms with Crippen molar-refractivity contribution in [3.05, 3.63) is 49.8 Å². The van der Waals surface area contributed by atoms with Crippen LogP contribution in [0.25, 0.3) is 0 Å². The molecule has 1 heterocycles. The fourth-order valence-corrected chi connectivity index (χ4v) is 4.66. The summed E-state index contributed by atoms with van der Waals surface area (Å²) in [5.41, 5.74) is 0.532. The van der Waals surface area contributed by atoms with Crippen LogP contribution in [0, 0.1) is 17.0 Å². The molecule has 0 aliphatic heterocycles. The number of benzene rings is 1. The molecule has 0 saturated heterocycles. The largest absolute Gasteiger partial charge is 0.323 e. The van der Waals surface area contributed by atoms with E-state index in [1.165, 1.54) is 29.5 Å². The van der Waals surface area contributed by atoms with Crippen LogP contribution in [0.5, 0.6) is 0 Å². The molecule has 0 aliphatic carbocycles. The molecule has 24 heavy (non-hydrogen) atoms. The van der Waals surface area contributed by atoms with E-state index in [9.17, 15) is 18.5 Å². The lowest BCUT2D eigenvalue weighted by atomic mass is 9.93. The molecule has 0 fully saturated rings. The van der Waals surface area contributed by atoms with Crippen molar-refractivity contribution in [1.82, 2.24) is 4.57 Å². The van der Waals surface area contributed by atoms with Crippen LogP contribution in [0.2, 0.25) is 0 Å². The molecule has 0 bridgehead atoms. The molecule has 0 atom stereocenters. The van der Waals surface area contributed by atoms with Gasteiger partial charge in [0, 0.05) is 29.8 Å². The van der Waals surface area contributed by atoms with Gasteiger partial charge in [-0.3, -0.25) is 10.1 Å². The monoisotopic (exact) mass is 369 g/mol. The lowest BCUT2D eigenvalue weighted by Gasteiger charge is -2.17. The summed E-state index contributed by atoms with van der Waals surface area (Å²) in [5.74, 6) is 0. The van der Waals surface area contributed by atoms with E-state index in [2.05, 4.69) is 4.40 Å². The molecule has 9 heteroatoms. The van der Waals surface area contributed by atoms with Gasteiger partial charge in [-0.05, 0) is 18.4 Å². The zero-order valence-corrected chi connectivity index (χ0v) is 15.7. The van der Waals surface area contributed by atoms with Crippen LogP contribution in [0.4, 0.5) is 5.69 Å². The third-order valence-corrected chi connectivity index (χ3v) is 6.56. The Kier molecular flexibility index (Phi) is 4.69. The van der Waals surface area contributed by atoms with E-state index in [-0.39, 0.29) is 16.0 Å². The van der Waals surface area contributed by atoms with Gasteiger partial charge in [0.2, 0.25) is 4.80 Å². The maximum Gasteiger partial charge on any atom is 0.285 e. The minimum atomic E-state index is -4.03. The Morgan fingerprint density at radius 3 is 2.42 bits per heavy atom. The molecule has 0 radical (unpaired) electrons. The Labute approximate surface area is 144 Å². The highest BCUT2D eigenvalue weighted by atomic mass is 32.2. The summed E-state index contributed by atoms with van der Waals surface area (Å²) in [5, 5.41) is 10.8. The predicted octanol–water partition coefficient (Wildman–Crippen LogP) is 2.89. The predicted molar refractivity (Wildman–Crippen MR) is 92.6 cm³/mol. The maximum absolute atomic E-state index is 12.5. The van der Waals surface area contributed by atoms with Gasteiger partial charge in [0.15, 0.2) is 0 Å². The fourth-order valence-electron chi connectivity index (χ4n) is 2.22. The average molecular weight is 369 g/mol. The van der Waals surface area contributed by atoms with E-state index in [0.29, 0.717) is 4.80 Å². The molecule has 7 nitrogen and oxygen atoms in total. The number of aromatic nitrogens is 1. The summed E-state index contributed by atoms with van der Waals surface area (Å²) < 4.78 is 30.6. The highest BCUT2D eigenvalue weighted by Gasteiger charge is 2.22. The Hall–Kier alpha value is -2.00. The molecular weight excluding hydrogens is 350 g/mol. The number of rotatable bonds is 3. The second-order valence-electron chi connectivity index (χ2n) is 6.43. The Morgan fingerprint density at radius 2 is 1.92 bits per heavy atom. The molecule has 1 aromatic carbocycles. The van der Waals surface area contributed by atoms with Crippen LogP contribution in [0.3, 0.4) is 0 Å². The zero-order chi connectivity index (χ0) is 18.3. The van der Waals surface area contributed by atoms with Gasteiger partial charge >= 0.3 is 0 Å². The molecule has 0 saturated carbocycles. The van der Waals surface area contributed by atoms with Gasteiger partial charge < -0.3 is 4.57 Å². The van der Waals surface area contributed by atoms with Gasteiger partial charge in [-0.2, -0.15) is 8.42 Å². The van der Waals surface area contributed by atoms with Crippen molar-refractivity contribution in [3.8, 4) is 0 Å². The smallest absolute Gasteiger partial charge is 0.285 e. The molecule has 0 unspecified atom stereocenters. The maximum atomic E-state index is 12.5. The second-order valence-corrected chi connectivity index (χ2v) is 9.01. The number of nitro benzene ring substituents is 1. The first-order chi connectivity index (χ1) is 10.9. The third-order valence-electron chi connectivity index (χ3n) is 3.52. The van der Waals surface area contributed by atoms with Crippen molar-refractivity contribution in [1.29, 1.82) is 0 Å². The van der Waals surface area contributed by atoms with E-state index in [4.69, 9.17) is 0 Å². The highest BCUT2D eigenvalue weighted by molar-refractivity contribution is 7.90. The van der Waals surface area contributed by atoms with Crippen LogP contribution < -0.4 is 4.80 Å². The van der Waals surface area contributed by atoms with Crippen LogP contribution in [-0.4, -0.2) is 17.9 Å². The minimum absolute atomic E-state index is 0.129. The first-order valence-electron chi connectivity index (χ1n) is 7.16. The summed E-state index contributed by atoms with van der Waals surface area (Å²) in [4.78, 5) is 11.4. The Balaban J connectivity index is 2.63. The summed E-state index contributed by atoms with van der Waals surface area (Å²) in [6, 6.07) is 4.90. The molecule has 0 N–H and O–H groups in total. The van der Waals surface area contributed by atoms with E-state index >= 15 is 0 Å². The number of non-ortho nitro benzene ring substituents is 1. The van der Waals surface area contributed by atoms with E-state index in [1.54, 1.807) is 11.6 Å². The van der Waals surface area contributed by atoms with Crippen LogP contribution in [0.1, 0.15) is 31.3 Å². The number of sulfonamides is 1.